The summed E-state index contributed by atoms with van der Waals surface area (Å²) in [4.78, 5) is 77.7. The lowest BCUT2D eigenvalue weighted by Gasteiger charge is -2.42. The van der Waals surface area contributed by atoms with Gasteiger partial charge in [0.15, 0.2) is 5.78 Å². The van der Waals surface area contributed by atoms with Gasteiger partial charge in [-0.05, 0) is 114 Å². The first-order chi connectivity index (χ1) is 36.7. The molecule has 0 spiro atoms. The Morgan fingerprint density at radius 1 is 0.844 bits per heavy atom. The molecule has 2 bridgehead atoms. The van der Waals surface area contributed by atoms with Crippen LogP contribution in [0.2, 0.25) is 0 Å². The van der Waals surface area contributed by atoms with Crippen molar-refractivity contribution >= 4 is 29.2 Å². The van der Waals surface area contributed by atoms with E-state index < -0.39 is 77.8 Å². The molecule has 5 heterocycles. The number of methoxy groups -OCH3 is 3. The topological polar surface area (TPSA) is 212 Å². The molecule has 0 unspecified atom stereocenters. The average Bonchev–Trinajstić information content (AvgIpc) is 3.88. The maximum atomic E-state index is 14.7. The highest BCUT2D eigenvalue weighted by molar-refractivity contribution is 6.39. The molecule has 1 amide bonds. The Labute approximate surface area is 457 Å². The number of carbonyl (C=O) groups is 5. The van der Waals surface area contributed by atoms with Gasteiger partial charge in [0.2, 0.25) is 5.79 Å². The predicted octanol–water partition coefficient (Wildman–Crippen LogP) is 6.40. The number of fused-ring (bicyclic) bond motifs is 3. The van der Waals surface area contributed by atoms with Crippen molar-refractivity contribution in [3.63, 3.8) is 0 Å². The number of hydrogen-bond acceptors (Lipinski definition) is 16. The van der Waals surface area contributed by atoms with Crippen molar-refractivity contribution in [3.05, 3.63) is 59.5 Å². The van der Waals surface area contributed by atoms with Crippen LogP contribution < -0.4 is 0 Å². The first kappa shape index (κ1) is 61.9. The number of aliphatic hydroxyl groups is 2. The van der Waals surface area contributed by atoms with E-state index >= 15 is 0 Å². The number of ketones is 3. The number of carbonyl (C=O) groups excluding carboxylic acids is 5. The summed E-state index contributed by atoms with van der Waals surface area (Å²) < 4.78 is 32.2. The molecule has 15 atom stereocenters. The molecular weight excluding hydrogens is 985 g/mol. The van der Waals surface area contributed by atoms with Gasteiger partial charge in [-0.1, -0.05) is 76.3 Å². The van der Waals surface area contributed by atoms with E-state index in [1.54, 1.807) is 41.1 Å². The number of piperazine rings is 1. The SMILES string of the molecule is CO[C@H]1C[C@@H]2CC[C@@H](C)[C@@](O)(O2)C(=O)C(=O)N2CCCC[C@H]2C(=O)O[C@H]([C@H](C)C[C@@H]2CC[C@H](n3cc(CN4CCN(C)CC4)nn3)[C@H](OC)C2)CC(=O)[C@H](C)/C=C(\C)[C@@H](O)[C@@H](OC)C(=O)[C@H](C)C[C@H](C)/C=C/C=CC=C1C. The molecule has 18 nitrogen and oxygen atoms in total. The first-order valence-electron chi connectivity index (χ1n) is 28.5. The fourth-order valence-corrected chi connectivity index (χ4v) is 12.2. The number of amides is 1. The molecular formula is C59H92N6O12. The zero-order valence-corrected chi connectivity index (χ0v) is 48.0. The Morgan fingerprint density at radius 3 is 2.29 bits per heavy atom. The van der Waals surface area contributed by atoms with Crippen LogP contribution in [0.3, 0.4) is 0 Å². The lowest BCUT2D eigenvalue weighted by atomic mass is 9.77. The number of ether oxygens (including phenoxy) is 5. The highest BCUT2D eigenvalue weighted by atomic mass is 16.6. The van der Waals surface area contributed by atoms with Gasteiger partial charge < -0.3 is 43.7 Å². The van der Waals surface area contributed by atoms with Crippen LogP contribution in [0.5, 0.6) is 0 Å². The number of esters is 1. The lowest BCUT2D eigenvalue weighted by molar-refractivity contribution is -0.265. The maximum Gasteiger partial charge on any atom is 0.329 e. The van der Waals surface area contributed by atoms with Crippen LogP contribution >= 0.6 is 0 Å². The highest BCUT2D eigenvalue weighted by Crippen LogP contribution is 2.40. The van der Waals surface area contributed by atoms with Crippen molar-refractivity contribution < 1.29 is 57.9 Å². The summed E-state index contributed by atoms with van der Waals surface area (Å²) in [7, 11) is 6.82. The third-order valence-electron chi connectivity index (χ3n) is 17.4. The first-order valence-corrected chi connectivity index (χ1v) is 28.5. The number of aliphatic hydroxyl groups excluding tert-OH is 1. The molecule has 18 heteroatoms. The molecule has 77 heavy (non-hydrogen) atoms. The van der Waals surface area contributed by atoms with E-state index in [-0.39, 0.29) is 60.9 Å². The van der Waals surface area contributed by atoms with Crippen LogP contribution in [0.4, 0.5) is 0 Å². The second-order valence-electron chi connectivity index (χ2n) is 23.4. The number of rotatable bonds is 9. The van der Waals surface area contributed by atoms with Gasteiger partial charge in [-0.2, -0.15) is 0 Å². The Kier molecular flexibility index (Phi) is 23.1. The summed E-state index contributed by atoms with van der Waals surface area (Å²) in [5, 5.41) is 32.7. The normalized spacial score (nSPS) is 36.6. The number of hydrogen-bond donors (Lipinski definition) is 2. The van der Waals surface area contributed by atoms with Crippen molar-refractivity contribution in [1.82, 2.24) is 29.7 Å². The molecule has 1 aromatic heterocycles. The number of cyclic esters (lactones) is 1. The summed E-state index contributed by atoms with van der Waals surface area (Å²) in [5.41, 5.74) is 2.20. The molecule has 1 aromatic rings. The molecule has 1 saturated carbocycles. The van der Waals surface area contributed by atoms with E-state index in [0.717, 1.165) is 56.8 Å². The molecule has 4 fully saturated rings. The second kappa shape index (κ2) is 28.7. The van der Waals surface area contributed by atoms with Crippen molar-refractivity contribution in [2.45, 2.75) is 187 Å². The van der Waals surface area contributed by atoms with E-state index in [0.29, 0.717) is 56.9 Å². The van der Waals surface area contributed by atoms with Crippen LogP contribution in [0.15, 0.2) is 53.8 Å². The molecule has 0 radical (unpaired) electrons. The third kappa shape index (κ3) is 16.2. The highest BCUT2D eigenvalue weighted by Gasteiger charge is 2.53. The van der Waals surface area contributed by atoms with Gasteiger partial charge in [0.05, 0.1) is 36.2 Å². The molecule has 3 saturated heterocycles. The second-order valence-corrected chi connectivity index (χ2v) is 23.4. The Hall–Kier alpha value is -4.27. The maximum absolute atomic E-state index is 14.7. The largest absolute Gasteiger partial charge is 0.460 e. The minimum Gasteiger partial charge on any atom is -0.460 e. The van der Waals surface area contributed by atoms with Crippen molar-refractivity contribution in [1.29, 1.82) is 0 Å². The van der Waals surface area contributed by atoms with Gasteiger partial charge in [-0.15, -0.1) is 5.10 Å². The Morgan fingerprint density at radius 2 is 1.58 bits per heavy atom. The standard InChI is InChI=1S/C59H92N6O12/c1-37-17-13-12-14-18-38(2)50(73-9)33-46-22-20-43(7)59(72,77-46)56(69)57(70)64-24-16-15-19-48(64)58(71)76-51(34-49(66)39(3)30-42(6)54(68)55(75-11)53(67)41(5)29-37)40(4)31-44-21-23-47(52(32-44)74-10)65-36-45(60-61-65)35-63-27-25-62(8)26-28-63/h12-14,17-18,30,36-37,39-41,43-44,46-48,50-52,54-55,68,72H,15-16,19-29,31-35H2,1-11H3/b14-12?,17-13+,38-18?,42-30+/t37-,39-,40-,41-,43-,44+,46+,47+,48+,50+,51+,52-,54-,55+,59-/m1/s1. The number of likely N-dealkylation sites (N-methyl/N-ethyl adjacent to an activating group) is 1. The van der Waals surface area contributed by atoms with Gasteiger partial charge in [0.1, 0.15) is 30.1 Å². The molecule has 430 valence electrons. The molecule has 1 aliphatic carbocycles. The molecule has 0 aromatic carbocycles. The fourth-order valence-electron chi connectivity index (χ4n) is 12.2. The predicted molar refractivity (Wildman–Crippen MR) is 291 cm³/mol. The summed E-state index contributed by atoms with van der Waals surface area (Å²) in [6.45, 7) is 17.6. The average molecular weight is 1080 g/mol. The van der Waals surface area contributed by atoms with Crippen LogP contribution in [-0.4, -0.2) is 179 Å². The summed E-state index contributed by atoms with van der Waals surface area (Å²) in [6, 6.07) is -1.17. The fraction of sp³-hybridized carbons (Fsp3) is 0.746. The minimum absolute atomic E-state index is 0.0154. The van der Waals surface area contributed by atoms with Gasteiger partial charge in [-0.25, -0.2) is 9.48 Å². The molecule has 6 rings (SSSR count). The molecule has 2 N–H and O–H groups in total. The summed E-state index contributed by atoms with van der Waals surface area (Å²) in [6.07, 6.45) is 14.5. The van der Waals surface area contributed by atoms with E-state index in [9.17, 15) is 34.2 Å². The van der Waals surface area contributed by atoms with Gasteiger partial charge in [-0.3, -0.25) is 24.1 Å². The number of piperidine rings is 1. The minimum atomic E-state index is -2.44. The number of allylic oxidation sites excluding steroid dienone is 6. The van der Waals surface area contributed by atoms with Gasteiger partial charge in [0, 0.05) is 91.2 Å². The van der Waals surface area contributed by atoms with Crippen LogP contribution in [0.25, 0.3) is 0 Å². The van der Waals surface area contributed by atoms with Crippen LogP contribution in [-0.2, 0) is 54.2 Å². The monoisotopic (exact) mass is 1080 g/mol. The number of nitrogens with zero attached hydrogens (tertiary/aromatic N) is 6. The van der Waals surface area contributed by atoms with E-state index in [2.05, 4.69) is 27.2 Å². The zero-order chi connectivity index (χ0) is 56.1. The quantitative estimate of drug-likeness (QED) is 0.156. The smallest absolute Gasteiger partial charge is 0.329 e. The third-order valence-corrected chi connectivity index (χ3v) is 17.4. The molecule has 4 aliphatic heterocycles. The number of Topliss-reactive ketones (excluding diaryl/α,β-unsaturated/α-hetero) is 3. The van der Waals surface area contributed by atoms with Gasteiger partial charge >= 0.3 is 5.97 Å². The molecule has 5 aliphatic rings. The Bertz CT molecular complexity index is 2270. The van der Waals surface area contributed by atoms with Crippen molar-refractivity contribution in [2.75, 3.05) is 61.1 Å². The van der Waals surface area contributed by atoms with E-state index in [1.165, 1.54) is 12.0 Å². The van der Waals surface area contributed by atoms with Gasteiger partial charge in [0.25, 0.3) is 11.7 Å². The lowest BCUT2D eigenvalue weighted by Crippen LogP contribution is -2.61. The van der Waals surface area contributed by atoms with E-state index in [1.807, 2.05) is 69.0 Å². The zero-order valence-electron chi connectivity index (χ0n) is 48.0. The van der Waals surface area contributed by atoms with Crippen molar-refractivity contribution in [3.8, 4) is 0 Å². The van der Waals surface area contributed by atoms with E-state index in [4.69, 9.17) is 23.7 Å². The number of aromatic nitrogens is 3. The van der Waals surface area contributed by atoms with Crippen LogP contribution in [0, 0.1) is 35.5 Å². The van der Waals surface area contributed by atoms with Crippen molar-refractivity contribution in [2.24, 2.45) is 35.5 Å². The Balaban J connectivity index is 1.26. The summed E-state index contributed by atoms with van der Waals surface area (Å²) in [5.74, 6) is -7.90. The van der Waals surface area contributed by atoms with Crippen LogP contribution in [0.1, 0.15) is 137 Å². The summed E-state index contributed by atoms with van der Waals surface area (Å²) >= 11 is 0.